The van der Waals surface area contributed by atoms with Crippen molar-refractivity contribution >= 4 is 28.3 Å². The van der Waals surface area contributed by atoms with Crippen LogP contribution in [0.2, 0.25) is 0 Å². The van der Waals surface area contributed by atoms with Gasteiger partial charge in [0.1, 0.15) is 0 Å². The molecule has 94 valence electrons. The zero-order chi connectivity index (χ0) is 12.8. The highest BCUT2D eigenvalue weighted by Gasteiger charge is 2.15. The Balaban J connectivity index is 2.61. The smallest absolute Gasteiger partial charge is 0.357 e. The molecule has 1 rings (SSSR count). The molecule has 2 N–H and O–H groups in total. The minimum absolute atomic E-state index is 0.111. The molecule has 0 radical (unpaired) electrons. The van der Waals surface area contributed by atoms with Crippen LogP contribution in [0.4, 0.5) is 5.13 Å². The highest BCUT2D eigenvalue weighted by molar-refractivity contribution is 7.15. The molecule has 0 aliphatic carbocycles. The summed E-state index contributed by atoms with van der Waals surface area (Å²) in [7, 11) is 1.31. The number of aryl methyl sites for hydroxylation is 1. The van der Waals surface area contributed by atoms with Gasteiger partial charge in [0.25, 0.3) is 0 Å². The Bertz CT molecular complexity index is 417. The third-order valence-electron chi connectivity index (χ3n) is 1.95. The van der Waals surface area contributed by atoms with Gasteiger partial charge in [-0.25, -0.2) is 9.78 Å². The fraction of sp³-hybridized carbons (Fsp3) is 0.500. The number of ether oxygens (including phenoxy) is 1. The third kappa shape index (κ3) is 3.70. The largest absolute Gasteiger partial charge is 0.464 e. The molecule has 1 heterocycles. The Morgan fingerprint density at radius 2 is 2.18 bits per heavy atom. The number of amides is 1. The normalized spacial score (nSPS) is 9.82. The number of nitrogens with one attached hydrogen (secondary N) is 2. The first kappa shape index (κ1) is 13.4. The molecule has 0 aliphatic heterocycles. The average molecular weight is 257 g/mol. The summed E-state index contributed by atoms with van der Waals surface area (Å²) < 4.78 is 4.59. The van der Waals surface area contributed by atoms with E-state index in [1.807, 2.05) is 6.92 Å². The van der Waals surface area contributed by atoms with Crippen molar-refractivity contribution in [1.82, 2.24) is 10.3 Å². The Morgan fingerprint density at radius 3 is 2.76 bits per heavy atom. The summed E-state index contributed by atoms with van der Waals surface area (Å²) in [4.78, 5) is 27.3. The predicted molar refractivity (Wildman–Crippen MR) is 65.4 cm³/mol. The first-order valence-corrected chi connectivity index (χ1v) is 5.96. The van der Waals surface area contributed by atoms with E-state index in [0.29, 0.717) is 11.7 Å². The van der Waals surface area contributed by atoms with E-state index in [-0.39, 0.29) is 18.1 Å². The van der Waals surface area contributed by atoms with Crippen LogP contribution in [0.3, 0.4) is 0 Å². The summed E-state index contributed by atoms with van der Waals surface area (Å²) in [5.74, 6) is -0.579. The second-order valence-corrected chi connectivity index (χ2v) is 4.43. The molecule has 1 aromatic rings. The van der Waals surface area contributed by atoms with Gasteiger partial charge in [0.2, 0.25) is 5.91 Å². The summed E-state index contributed by atoms with van der Waals surface area (Å²) in [6.07, 6.45) is 0. The molecule has 0 saturated carbocycles. The van der Waals surface area contributed by atoms with Crippen molar-refractivity contribution in [2.75, 3.05) is 25.5 Å². The molecular formula is C10H15N3O3S. The van der Waals surface area contributed by atoms with Crippen molar-refractivity contribution in [3.8, 4) is 0 Å². The summed E-state index contributed by atoms with van der Waals surface area (Å²) >= 11 is 1.32. The second kappa shape index (κ2) is 6.19. The highest BCUT2D eigenvalue weighted by Crippen LogP contribution is 2.22. The number of carbonyl (C=O) groups excluding carboxylic acids is 2. The van der Waals surface area contributed by atoms with E-state index < -0.39 is 5.97 Å². The van der Waals surface area contributed by atoms with Crippen LogP contribution in [0.15, 0.2) is 0 Å². The topological polar surface area (TPSA) is 80.3 Å². The molecule has 0 saturated heterocycles. The zero-order valence-corrected chi connectivity index (χ0v) is 10.8. The highest BCUT2D eigenvalue weighted by atomic mass is 32.1. The number of carbonyl (C=O) groups is 2. The van der Waals surface area contributed by atoms with Crippen LogP contribution >= 0.6 is 11.3 Å². The molecule has 17 heavy (non-hydrogen) atoms. The molecule has 0 fully saturated rings. The number of anilines is 1. The van der Waals surface area contributed by atoms with Crippen molar-refractivity contribution in [3.05, 3.63) is 10.6 Å². The van der Waals surface area contributed by atoms with Gasteiger partial charge in [0.15, 0.2) is 10.8 Å². The van der Waals surface area contributed by atoms with E-state index in [2.05, 4.69) is 20.4 Å². The summed E-state index contributed by atoms with van der Waals surface area (Å²) in [6.45, 7) is 4.36. The summed E-state index contributed by atoms with van der Waals surface area (Å²) in [6, 6.07) is 0. The lowest BCUT2D eigenvalue weighted by Crippen LogP contribution is -2.29. The van der Waals surface area contributed by atoms with Gasteiger partial charge in [-0.05, 0) is 13.8 Å². The average Bonchev–Trinajstić information content (AvgIpc) is 2.67. The standard InChI is InChI=1S/C10H15N3O3S/c1-4-11-7(14)5-12-10-13-8(6(2)17-10)9(15)16-3/h4-5H2,1-3H3,(H,11,14)(H,12,13). The van der Waals surface area contributed by atoms with Crippen LogP contribution < -0.4 is 10.6 Å². The fourth-order valence-electron chi connectivity index (χ4n) is 1.17. The molecule has 0 atom stereocenters. The Kier molecular flexibility index (Phi) is 4.89. The molecule has 7 heteroatoms. The first-order valence-electron chi connectivity index (χ1n) is 5.14. The number of esters is 1. The van der Waals surface area contributed by atoms with Gasteiger partial charge in [-0.3, -0.25) is 4.79 Å². The predicted octanol–water partition coefficient (Wildman–Crippen LogP) is 0.786. The van der Waals surface area contributed by atoms with Crippen molar-refractivity contribution in [1.29, 1.82) is 0 Å². The second-order valence-electron chi connectivity index (χ2n) is 3.22. The molecular weight excluding hydrogens is 242 g/mol. The number of rotatable bonds is 5. The van der Waals surface area contributed by atoms with Gasteiger partial charge in [-0.2, -0.15) is 0 Å². The first-order chi connectivity index (χ1) is 8.08. The van der Waals surface area contributed by atoms with Crippen LogP contribution in [-0.4, -0.2) is 37.1 Å². The van der Waals surface area contributed by atoms with Crippen molar-refractivity contribution in [2.45, 2.75) is 13.8 Å². The number of methoxy groups -OCH3 is 1. The zero-order valence-electron chi connectivity index (χ0n) is 9.99. The van der Waals surface area contributed by atoms with Gasteiger partial charge >= 0.3 is 5.97 Å². The maximum absolute atomic E-state index is 11.3. The van der Waals surface area contributed by atoms with Crippen LogP contribution in [0.5, 0.6) is 0 Å². The van der Waals surface area contributed by atoms with Gasteiger partial charge in [0.05, 0.1) is 13.7 Å². The van der Waals surface area contributed by atoms with Crippen LogP contribution in [-0.2, 0) is 9.53 Å². The minimum Gasteiger partial charge on any atom is -0.464 e. The van der Waals surface area contributed by atoms with Crippen LogP contribution in [0, 0.1) is 6.92 Å². The molecule has 6 nitrogen and oxygen atoms in total. The van der Waals surface area contributed by atoms with E-state index in [0.717, 1.165) is 4.88 Å². The summed E-state index contributed by atoms with van der Waals surface area (Å²) in [5.41, 5.74) is 0.288. The van der Waals surface area contributed by atoms with Crippen molar-refractivity contribution < 1.29 is 14.3 Å². The molecule has 0 spiro atoms. The van der Waals surface area contributed by atoms with Gasteiger partial charge in [0, 0.05) is 11.4 Å². The number of nitrogens with zero attached hydrogens (tertiary/aromatic N) is 1. The van der Waals surface area contributed by atoms with E-state index in [4.69, 9.17) is 0 Å². The molecule has 1 aromatic heterocycles. The third-order valence-corrected chi connectivity index (χ3v) is 2.88. The molecule has 0 aliphatic rings. The SMILES string of the molecule is CCNC(=O)CNc1nc(C(=O)OC)c(C)s1. The Labute approximate surface area is 103 Å². The Morgan fingerprint density at radius 1 is 1.47 bits per heavy atom. The number of hydrogen-bond donors (Lipinski definition) is 2. The maximum Gasteiger partial charge on any atom is 0.357 e. The monoisotopic (exact) mass is 257 g/mol. The lowest BCUT2D eigenvalue weighted by molar-refractivity contribution is -0.119. The van der Waals surface area contributed by atoms with Gasteiger partial charge < -0.3 is 15.4 Å². The van der Waals surface area contributed by atoms with Crippen LogP contribution in [0.25, 0.3) is 0 Å². The van der Waals surface area contributed by atoms with E-state index in [9.17, 15) is 9.59 Å². The van der Waals surface area contributed by atoms with E-state index in [1.54, 1.807) is 6.92 Å². The summed E-state index contributed by atoms with van der Waals surface area (Å²) in [5, 5.41) is 6.05. The van der Waals surface area contributed by atoms with E-state index in [1.165, 1.54) is 18.4 Å². The number of hydrogen-bond acceptors (Lipinski definition) is 6. The minimum atomic E-state index is -0.468. The molecule has 1 amide bonds. The molecule has 0 bridgehead atoms. The quantitative estimate of drug-likeness (QED) is 0.762. The molecule has 0 aromatic carbocycles. The molecule has 0 unspecified atom stereocenters. The fourth-order valence-corrected chi connectivity index (χ4v) is 1.97. The van der Waals surface area contributed by atoms with E-state index >= 15 is 0 Å². The van der Waals surface area contributed by atoms with Gasteiger partial charge in [-0.1, -0.05) is 0 Å². The number of likely N-dealkylation sites (N-methyl/N-ethyl adjacent to an activating group) is 1. The number of aromatic nitrogens is 1. The maximum atomic E-state index is 11.3. The van der Waals surface area contributed by atoms with Crippen molar-refractivity contribution in [2.24, 2.45) is 0 Å². The lowest BCUT2D eigenvalue weighted by atomic mass is 10.4. The van der Waals surface area contributed by atoms with Crippen LogP contribution in [0.1, 0.15) is 22.3 Å². The number of thiazole rings is 1. The Hall–Kier alpha value is -1.63. The van der Waals surface area contributed by atoms with Gasteiger partial charge in [-0.15, -0.1) is 11.3 Å². The van der Waals surface area contributed by atoms with Crippen molar-refractivity contribution in [3.63, 3.8) is 0 Å². The lowest BCUT2D eigenvalue weighted by Gasteiger charge is -2.02.